The van der Waals surface area contributed by atoms with E-state index >= 15 is 0 Å². The van der Waals surface area contributed by atoms with Crippen molar-refractivity contribution in [3.8, 4) is 0 Å². The normalized spacial score (nSPS) is 18.5. The van der Waals surface area contributed by atoms with Crippen LogP contribution in [0.4, 0.5) is 0 Å². The fraction of sp³-hybridized carbons (Fsp3) is 0.600. The second-order valence-corrected chi connectivity index (χ2v) is 5.19. The zero-order valence-corrected chi connectivity index (χ0v) is 11.8. The van der Waals surface area contributed by atoms with E-state index in [-0.39, 0.29) is 5.91 Å². The van der Waals surface area contributed by atoms with Crippen molar-refractivity contribution in [2.24, 2.45) is 5.92 Å². The van der Waals surface area contributed by atoms with E-state index in [1.807, 2.05) is 19.3 Å². The molecule has 0 unspecified atom stereocenters. The third-order valence-electron chi connectivity index (χ3n) is 3.61. The van der Waals surface area contributed by atoms with Crippen LogP contribution in [0, 0.1) is 5.92 Å². The molecule has 1 aromatic heterocycles. The first-order chi connectivity index (χ1) is 9.19. The van der Waals surface area contributed by atoms with Gasteiger partial charge in [0.05, 0.1) is 12.2 Å². The Morgan fingerprint density at radius 2 is 2.37 bits per heavy atom. The van der Waals surface area contributed by atoms with Crippen molar-refractivity contribution >= 4 is 5.91 Å². The van der Waals surface area contributed by atoms with Crippen LogP contribution in [0.25, 0.3) is 0 Å². The minimum absolute atomic E-state index is 0.178. The van der Waals surface area contributed by atoms with Gasteiger partial charge < -0.3 is 9.64 Å². The van der Waals surface area contributed by atoms with Crippen LogP contribution < -0.4 is 0 Å². The Morgan fingerprint density at radius 3 is 2.95 bits per heavy atom. The molecular weight excluding hydrogens is 240 g/mol. The molecule has 0 aliphatic carbocycles. The molecule has 1 aromatic rings. The van der Waals surface area contributed by atoms with Gasteiger partial charge in [0.2, 0.25) is 5.91 Å². The number of amides is 1. The highest BCUT2D eigenvalue weighted by Gasteiger charge is 2.21. The molecule has 104 valence electrons. The average molecular weight is 262 g/mol. The van der Waals surface area contributed by atoms with E-state index in [0.29, 0.717) is 18.9 Å². The molecule has 0 bridgehead atoms. The first-order valence-electron chi connectivity index (χ1n) is 6.94. The van der Waals surface area contributed by atoms with E-state index in [1.165, 1.54) is 5.56 Å². The molecule has 0 radical (unpaired) electrons. The lowest BCUT2D eigenvalue weighted by Crippen LogP contribution is -2.28. The molecule has 2 heterocycles. The quantitative estimate of drug-likeness (QED) is 0.815. The topological polar surface area (TPSA) is 42.4 Å². The lowest BCUT2D eigenvalue weighted by Gasteiger charge is -2.18. The third kappa shape index (κ3) is 4.03. The largest absolute Gasteiger partial charge is 0.381 e. The standard InChI is InChI=1S/C15H22N2O2/c1-3-12-4-5-14(16-9-12)10-17(2)15(18)8-13-6-7-19-11-13/h4-5,9,13H,3,6-8,10-11H2,1-2H3/t13-/m0/s1. The van der Waals surface area contributed by atoms with Crippen LogP contribution in [0.1, 0.15) is 31.0 Å². The molecule has 4 heteroatoms. The summed E-state index contributed by atoms with van der Waals surface area (Å²) in [6.07, 6.45) is 4.47. The number of rotatable bonds is 5. The molecular formula is C15H22N2O2. The number of carbonyl (C=O) groups excluding carboxylic acids is 1. The van der Waals surface area contributed by atoms with Gasteiger partial charge in [-0.25, -0.2) is 0 Å². The maximum Gasteiger partial charge on any atom is 0.223 e. The Kier molecular flexibility index (Phi) is 4.91. The second kappa shape index (κ2) is 6.66. The molecule has 1 amide bonds. The smallest absolute Gasteiger partial charge is 0.223 e. The highest BCUT2D eigenvalue weighted by atomic mass is 16.5. The van der Waals surface area contributed by atoms with Crippen LogP contribution in [-0.2, 0) is 22.5 Å². The lowest BCUT2D eigenvalue weighted by molar-refractivity contribution is -0.131. The van der Waals surface area contributed by atoms with Crippen LogP contribution in [0.15, 0.2) is 18.3 Å². The lowest BCUT2D eigenvalue weighted by atomic mass is 10.0. The van der Waals surface area contributed by atoms with Crippen molar-refractivity contribution in [1.82, 2.24) is 9.88 Å². The molecule has 0 saturated carbocycles. The Hall–Kier alpha value is -1.42. The summed E-state index contributed by atoms with van der Waals surface area (Å²) in [5, 5.41) is 0. The summed E-state index contributed by atoms with van der Waals surface area (Å²) < 4.78 is 5.30. The predicted molar refractivity (Wildman–Crippen MR) is 73.6 cm³/mol. The Bertz CT molecular complexity index is 411. The van der Waals surface area contributed by atoms with E-state index in [4.69, 9.17) is 4.74 Å². The molecule has 1 fully saturated rings. The number of pyridine rings is 1. The van der Waals surface area contributed by atoms with E-state index in [0.717, 1.165) is 31.7 Å². The van der Waals surface area contributed by atoms with Crippen molar-refractivity contribution in [2.45, 2.75) is 32.7 Å². The van der Waals surface area contributed by atoms with Gasteiger partial charge in [-0.15, -0.1) is 0 Å². The Morgan fingerprint density at radius 1 is 1.53 bits per heavy atom. The minimum Gasteiger partial charge on any atom is -0.381 e. The number of hydrogen-bond donors (Lipinski definition) is 0. The van der Waals surface area contributed by atoms with Crippen LogP contribution in [0.2, 0.25) is 0 Å². The van der Waals surface area contributed by atoms with Gasteiger partial charge in [-0.3, -0.25) is 9.78 Å². The SMILES string of the molecule is CCc1ccc(CN(C)C(=O)C[C@@H]2CCOC2)nc1. The zero-order valence-electron chi connectivity index (χ0n) is 11.8. The molecule has 4 nitrogen and oxygen atoms in total. The maximum absolute atomic E-state index is 12.1. The highest BCUT2D eigenvalue weighted by molar-refractivity contribution is 5.76. The van der Waals surface area contributed by atoms with Gasteiger partial charge in [0.15, 0.2) is 0 Å². The summed E-state index contributed by atoms with van der Waals surface area (Å²) in [6, 6.07) is 4.08. The third-order valence-corrected chi connectivity index (χ3v) is 3.61. The van der Waals surface area contributed by atoms with Crippen molar-refractivity contribution in [2.75, 3.05) is 20.3 Å². The first-order valence-corrected chi connectivity index (χ1v) is 6.94. The van der Waals surface area contributed by atoms with Gasteiger partial charge in [0, 0.05) is 32.9 Å². The number of hydrogen-bond acceptors (Lipinski definition) is 3. The number of aromatic nitrogens is 1. The van der Waals surface area contributed by atoms with E-state index in [2.05, 4.69) is 18.0 Å². The van der Waals surface area contributed by atoms with Crippen molar-refractivity contribution < 1.29 is 9.53 Å². The van der Waals surface area contributed by atoms with Gasteiger partial charge in [0.25, 0.3) is 0 Å². The van der Waals surface area contributed by atoms with Crippen molar-refractivity contribution in [3.05, 3.63) is 29.6 Å². The Balaban J connectivity index is 1.84. The molecule has 2 rings (SSSR count). The summed E-state index contributed by atoms with van der Waals surface area (Å²) in [7, 11) is 1.84. The van der Waals surface area contributed by atoms with Gasteiger partial charge in [-0.1, -0.05) is 13.0 Å². The fourth-order valence-corrected chi connectivity index (χ4v) is 2.24. The van der Waals surface area contributed by atoms with Crippen LogP contribution in [0.5, 0.6) is 0 Å². The summed E-state index contributed by atoms with van der Waals surface area (Å²) in [5.74, 6) is 0.572. The summed E-state index contributed by atoms with van der Waals surface area (Å²) >= 11 is 0. The van der Waals surface area contributed by atoms with Gasteiger partial charge in [-0.2, -0.15) is 0 Å². The molecule has 1 saturated heterocycles. The number of carbonyl (C=O) groups is 1. The molecule has 0 aromatic carbocycles. The molecule has 1 atom stereocenters. The van der Waals surface area contributed by atoms with Crippen LogP contribution in [-0.4, -0.2) is 36.1 Å². The van der Waals surface area contributed by atoms with Gasteiger partial charge >= 0.3 is 0 Å². The van der Waals surface area contributed by atoms with Crippen LogP contribution >= 0.6 is 0 Å². The highest BCUT2D eigenvalue weighted by Crippen LogP contribution is 2.17. The second-order valence-electron chi connectivity index (χ2n) is 5.19. The summed E-state index contributed by atoms with van der Waals surface area (Å²) in [5.41, 5.74) is 2.16. The molecule has 0 N–H and O–H groups in total. The summed E-state index contributed by atoms with van der Waals surface area (Å²) in [6.45, 7) is 4.21. The zero-order chi connectivity index (χ0) is 13.7. The van der Waals surface area contributed by atoms with Gasteiger partial charge in [-0.05, 0) is 30.4 Å². The fourth-order valence-electron chi connectivity index (χ4n) is 2.24. The molecule has 0 spiro atoms. The van der Waals surface area contributed by atoms with Gasteiger partial charge in [0.1, 0.15) is 0 Å². The number of aryl methyl sites for hydroxylation is 1. The molecule has 1 aliphatic heterocycles. The maximum atomic E-state index is 12.1. The Labute approximate surface area is 114 Å². The minimum atomic E-state index is 0.178. The molecule has 1 aliphatic rings. The number of ether oxygens (including phenoxy) is 1. The van der Waals surface area contributed by atoms with Crippen molar-refractivity contribution in [3.63, 3.8) is 0 Å². The summed E-state index contributed by atoms with van der Waals surface area (Å²) in [4.78, 5) is 18.2. The monoisotopic (exact) mass is 262 g/mol. The van der Waals surface area contributed by atoms with Crippen molar-refractivity contribution in [1.29, 1.82) is 0 Å². The van der Waals surface area contributed by atoms with E-state index in [1.54, 1.807) is 4.90 Å². The van der Waals surface area contributed by atoms with E-state index in [9.17, 15) is 4.79 Å². The predicted octanol–water partition coefficient (Wildman–Crippen LogP) is 2.03. The van der Waals surface area contributed by atoms with E-state index < -0.39 is 0 Å². The first kappa shape index (κ1) is 14.0. The molecule has 19 heavy (non-hydrogen) atoms. The number of nitrogens with zero attached hydrogens (tertiary/aromatic N) is 2. The van der Waals surface area contributed by atoms with Crippen LogP contribution in [0.3, 0.4) is 0 Å². The average Bonchev–Trinajstić information content (AvgIpc) is 2.92.